The van der Waals surface area contributed by atoms with Crippen LogP contribution in [0.25, 0.3) is 0 Å². The molecule has 0 unspecified atom stereocenters. The molecule has 34 heavy (non-hydrogen) atoms. The normalized spacial score (nSPS) is 16.2. The third-order valence-corrected chi connectivity index (χ3v) is 9.10. The fourth-order valence-electron chi connectivity index (χ4n) is 4.75. The molecule has 0 saturated heterocycles. The average molecular weight is 477 g/mol. The summed E-state index contributed by atoms with van der Waals surface area (Å²) >= 11 is 0. The Kier molecular flexibility index (Phi) is 6.65. The summed E-state index contributed by atoms with van der Waals surface area (Å²) in [5.41, 5.74) is 7.05. The second kappa shape index (κ2) is 9.35. The van der Waals surface area contributed by atoms with Gasteiger partial charge in [-0.25, -0.2) is 8.42 Å². The lowest BCUT2D eigenvalue weighted by Gasteiger charge is -2.36. The van der Waals surface area contributed by atoms with Gasteiger partial charge in [-0.05, 0) is 91.6 Å². The fourth-order valence-corrected chi connectivity index (χ4v) is 6.90. The number of hydrogen-bond acceptors (Lipinski definition) is 3. The molecule has 178 valence electrons. The highest BCUT2D eigenvalue weighted by atomic mass is 32.2. The summed E-state index contributed by atoms with van der Waals surface area (Å²) in [5.74, 6) is -0.314. The van der Waals surface area contributed by atoms with Gasteiger partial charge in [0.25, 0.3) is 0 Å². The van der Waals surface area contributed by atoms with Gasteiger partial charge in [-0.15, -0.1) is 0 Å². The Hall–Kier alpha value is -2.96. The molecule has 0 saturated carbocycles. The molecule has 1 atom stereocenters. The van der Waals surface area contributed by atoms with Gasteiger partial charge < -0.3 is 5.32 Å². The first-order valence-electron chi connectivity index (χ1n) is 11.7. The lowest BCUT2D eigenvalue weighted by atomic mass is 9.95. The fraction of sp³-hybridized carbons (Fsp3) is 0.321. The van der Waals surface area contributed by atoms with Crippen LogP contribution in [-0.2, 0) is 34.2 Å². The van der Waals surface area contributed by atoms with Gasteiger partial charge in [0.2, 0.25) is 15.9 Å². The molecule has 1 N–H and O–H groups in total. The molecule has 4 rings (SSSR count). The Balaban J connectivity index is 1.79. The maximum atomic E-state index is 14.2. The molecule has 1 amide bonds. The van der Waals surface area contributed by atoms with E-state index in [-0.39, 0.29) is 12.5 Å². The zero-order valence-corrected chi connectivity index (χ0v) is 21.3. The number of sulfonamides is 1. The minimum absolute atomic E-state index is 0.164. The molecule has 3 aromatic rings. The second-order valence-corrected chi connectivity index (χ2v) is 11.0. The zero-order valence-electron chi connectivity index (χ0n) is 20.5. The predicted octanol–water partition coefficient (Wildman–Crippen LogP) is 5.24. The number of nitrogens with one attached hydrogen (secondary N) is 1. The van der Waals surface area contributed by atoms with Gasteiger partial charge in [0, 0.05) is 12.2 Å². The highest BCUT2D eigenvalue weighted by Gasteiger charge is 2.41. The van der Waals surface area contributed by atoms with E-state index in [1.54, 1.807) is 0 Å². The third-order valence-electron chi connectivity index (χ3n) is 6.97. The molecule has 3 aromatic carbocycles. The minimum Gasteiger partial charge on any atom is -0.325 e. The molecular formula is C28H32N2O3S. The Morgan fingerprint density at radius 3 is 2.24 bits per heavy atom. The van der Waals surface area contributed by atoms with Crippen LogP contribution in [0.4, 0.5) is 5.69 Å². The van der Waals surface area contributed by atoms with Crippen molar-refractivity contribution in [3.63, 3.8) is 0 Å². The van der Waals surface area contributed by atoms with Crippen molar-refractivity contribution in [2.45, 2.75) is 64.9 Å². The standard InChI is InChI=1S/C28H32N2O3S/c1-6-22-10-9-13-25(15-22)29-28(31)26-16-23-11-7-8-12-24(23)17-30(26)34(32,33)27-20(4)18(2)14-19(3)21(27)5/h7-15,26H,6,16-17H2,1-5H3,(H,29,31)/t26-/m1/s1. The van der Waals surface area contributed by atoms with Gasteiger partial charge >= 0.3 is 0 Å². The third kappa shape index (κ3) is 4.40. The largest absolute Gasteiger partial charge is 0.325 e. The highest BCUT2D eigenvalue weighted by Crippen LogP contribution is 2.34. The number of fused-ring (bicyclic) bond motifs is 1. The van der Waals surface area contributed by atoms with Crippen molar-refractivity contribution in [3.8, 4) is 0 Å². The van der Waals surface area contributed by atoms with Crippen molar-refractivity contribution in [1.29, 1.82) is 0 Å². The number of amides is 1. The number of carbonyl (C=O) groups is 1. The molecule has 0 aliphatic carbocycles. The molecule has 5 nitrogen and oxygen atoms in total. The second-order valence-electron chi connectivity index (χ2n) is 9.17. The van der Waals surface area contributed by atoms with E-state index in [1.165, 1.54) is 4.31 Å². The van der Waals surface area contributed by atoms with Crippen LogP contribution in [0.5, 0.6) is 0 Å². The number of aryl methyl sites for hydroxylation is 3. The van der Waals surface area contributed by atoms with Crippen LogP contribution in [0.3, 0.4) is 0 Å². The Morgan fingerprint density at radius 2 is 1.59 bits per heavy atom. The summed E-state index contributed by atoms with van der Waals surface area (Å²) in [6.07, 6.45) is 1.18. The summed E-state index contributed by atoms with van der Waals surface area (Å²) in [6.45, 7) is 9.77. The predicted molar refractivity (Wildman–Crippen MR) is 137 cm³/mol. The summed E-state index contributed by atoms with van der Waals surface area (Å²) in [4.78, 5) is 13.9. The summed E-state index contributed by atoms with van der Waals surface area (Å²) in [5, 5.41) is 2.98. The highest BCUT2D eigenvalue weighted by molar-refractivity contribution is 7.89. The smallest absolute Gasteiger partial charge is 0.244 e. The van der Waals surface area contributed by atoms with Crippen molar-refractivity contribution in [2.24, 2.45) is 0 Å². The average Bonchev–Trinajstić information content (AvgIpc) is 2.82. The molecule has 6 heteroatoms. The first-order chi connectivity index (χ1) is 16.1. The van der Waals surface area contributed by atoms with E-state index in [4.69, 9.17) is 0 Å². The van der Waals surface area contributed by atoms with Crippen molar-refractivity contribution < 1.29 is 13.2 Å². The molecule has 0 fully saturated rings. The number of benzene rings is 3. The molecule has 0 spiro atoms. The molecular weight excluding hydrogens is 444 g/mol. The number of rotatable bonds is 5. The Morgan fingerprint density at radius 1 is 0.941 bits per heavy atom. The lowest BCUT2D eigenvalue weighted by molar-refractivity contribution is -0.120. The molecule has 1 aliphatic rings. The topological polar surface area (TPSA) is 66.5 Å². The van der Waals surface area contributed by atoms with Crippen LogP contribution >= 0.6 is 0 Å². The number of anilines is 1. The van der Waals surface area contributed by atoms with Crippen molar-refractivity contribution in [1.82, 2.24) is 4.31 Å². The monoisotopic (exact) mass is 476 g/mol. The van der Waals surface area contributed by atoms with E-state index in [9.17, 15) is 13.2 Å². The van der Waals surface area contributed by atoms with Crippen molar-refractivity contribution in [2.75, 3.05) is 5.32 Å². The SMILES string of the molecule is CCc1cccc(NC(=O)[C@H]2Cc3ccccc3CN2S(=O)(=O)c2c(C)c(C)cc(C)c2C)c1. The van der Waals surface area contributed by atoms with E-state index in [0.29, 0.717) is 17.0 Å². The molecule has 1 heterocycles. The van der Waals surface area contributed by atoms with E-state index in [1.807, 2.05) is 82.3 Å². The van der Waals surface area contributed by atoms with Crippen LogP contribution < -0.4 is 5.32 Å². The number of hydrogen-bond donors (Lipinski definition) is 1. The van der Waals surface area contributed by atoms with Crippen LogP contribution in [-0.4, -0.2) is 24.7 Å². The Bertz CT molecular complexity index is 1340. The Labute approximate surface area is 202 Å². The lowest BCUT2D eigenvalue weighted by Crippen LogP contribution is -2.50. The van der Waals surface area contributed by atoms with Gasteiger partial charge in [-0.2, -0.15) is 4.31 Å². The van der Waals surface area contributed by atoms with Crippen LogP contribution in [0.15, 0.2) is 59.5 Å². The van der Waals surface area contributed by atoms with Crippen LogP contribution in [0.1, 0.15) is 45.9 Å². The van der Waals surface area contributed by atoms with Gasteiger partial charge in [-0.3, -0.25) is 4.79 Å². The van der Waals surface area contributed by atoms with E-state index < -0.39 is 16.1 Å². The van der Waals surface area contributed by atoms with Crippen LogP contribution in [0.2, 0.25) is 0 Å². The van der Waals surface area contributed by atoms with Gasteiger partial charge in [0.05, 0.1) is 4.90 Å². The molecule has 0 radical (unpaired) electrons. The maximum Gasteiger partial charge on any atom is 0.244 e. The molecule has 0 aromatic heterocycles. The van der Waals surface area contributed by atoms with E-state index in [2.05, 4.69) is 12.2 Å². The van der Waals surface area contributed by atoms with E-state index in [0.717, 1.165) is 45.4 Å². The first kappa shape index (κ1) is 24.2. The van der Waals surface area contributed by atoms with Crippen LogP contribution in [0, 0.1) is 27.7 Å². The first-order valence-corrected chi connectivity index (χ1v) is 13.1. The number of nitrogens with zero attached hydrogens (tertiary/aromatic N) is 1. The van der Waals surface area contributed by atoms with Crippen molar-refractivity contribution in [3.05, 3.63) is 93.5 Å². The van der Waals surface area contributed by atoms with Gasteiger partial charge in [0.15, 0.2) is 0 Å². The molecule has 1 aliphatic heterocycles. The van der Waals surface area contributed by atoms with Gasteiger partial charge in [-0.1, -0.05) is 49.4 Å². The number of carbonyl (C=O) groups excluding carboxylic acids is 1. The summed E-state index contributed by atoms with van der Waals surface area (Å²) in [6, 6.07) is 16.6. The quantitative estimate of drug-likeness (QED) is 0.548. The van der Waals surface area contributed by atoms with Crippen molar-refractivity contribution >= 4 is 21.6 Å². The molecule has 0 bridgehead atoms. The summed E-state index contributed by atoms with van der Waals surface area (Å²) in [7, 11) is -3.94. The van der Waals surface area contributed by atoms with Gasteiger partial charge in [0.1, 0.15) is 6.04 Å². The zero-order chi connectivity index (χ0) is 24.6. The minimum atomic E-state index is -3.94. The summed E-state index contributed by atoms with van der Waals surface area (Å²) < 4.78 is 29.7. The van der Waals surface area contributed by atoms with E-state index >= 15 is 0 Å². The maximum absolute atomic E-state index is 14.2.